The zero-order valence-corrected chi connectivity index (χ0v) is 17.9. The molecule has 0 aliphatic rings. The van der Waals surface area contributed by atoms with E-state index in [1.165, 1.54) is 95.6 Å². The second kappa shape index (κ2) is 17.7. The van der Waals surface area contributed by atoms with E-state index in [1.807, 2.05) is 0 Å². The zero-order chi connectivity index (χ0) is 20.3. The first-order valence-electron chi connectivity index (χ1n) is 11.5. The van der Waals surface area contributed by atoms with Crippen LogP contribution in [0.15, 0.2) is 24.3 Å². The highest BCUT2D eigenvalue weighted by atomic mass is 19.1. The summed E-state index contributed by atoms with van der Waals surface area (Å²) in [5, 5.41) is 5.93. The zero-order valence-electron chi connectivity index (χ0n) is 17.9. The van der Waals surface area contributed by atoms with Crippen LogP contribution in [0.25, 0.3) is 0 Å². The van der Waals surface area contributed by atoms with Crippen LogP contribution in [0.3, 0.4) is 0 Å². The van der Waals surface area contributed by atoms with Crippen molar-refractivity contribution in [2.45, 2.75) is 96.8 Å². The molecule has 28 heavy (non-hydrogen) atoms. The maximum absolute atomic E-state index is 12.8. The van der Waals surface area contributed by atoms with Gasteiger partial charge in [0.15, 0.2) is 0 Å². The van der Waals surface area contributed by atoms with Crippen molar-refractivity contribution in [3.8, 4) is 0 Å². The molecule has 0 atom stereocenters. The normalized spacial score (nSPS) is 10.9. The monoisotopic (exact) mass is 392 g/mol. The fraction of sp³-hybridized carbons (Fsp3) is 0.708. The van der Waals surface area contributed by atoms with Gasteiger partial charge in [-0.25, -0.2) is 4.39 Å². The number of hydrogen-bond acceptors (Lipinski definition) is 2. The number of nitrogens with one attached hydrogen (secondary N) is 2. The number of anilines is 1. The highest BCUT2D eigenvalue weighted by Gasteiger charge is 2.01. The Hall–Kier alpha value is -1.42. The van der Waals surface area contributed by atoms with Crippen LogP contribution in [0, 0.1) is 5.82 Å². The topological polar surface area (TPSA) is 41.1 Å². The molecule has 160 valence electrons. The fourth-order valence-electron chi connectivity index (χ4n) is 3.38. The maximum atomic E-state index is 12.8. The second-order valence-electron chi connectivity index (χ2n) is 7.83. The molecule has 0 saturated carbocycles. The molecule has 0 aliphatic carbocycles. The van der Waals surface area contributed by atoms with Crippen LogP contribution >= 0.6 is 0 Å². The summed E-state index contributed by atoms with van der Waals surface area (Å²) in [5.74, 6) is -0.383. The lowest BCUT2D eigenvalue weighted by molar-refractivity contribution is -0.115. The third-order valence-electron chi connectivity index (χ3n) is 5.12. The number of halogens is 1. The van der Waals surface area contributed by atoms with Gasteiger partial charge in [-0.15, -0.1) is 0 Å². The lowest BCUT2D eigenvalue weighted by Gasteiger charge is -2.07. The van der Waals surface area contributed by atoms with Gasteiger partial charge in [-0.05, 0) is 37.2 Å². The number of amides is 1. The summed E-state index contributed by atoms with van der Waals surface area (Å²) in [6.07, 6.45) is 19.0. The molecule has 0 fully saturated rings. The van der Waals surface area contributed by atoms with Gasteiger partial charge in [0, 0.05) is 5.69 Å². The van der Waals surface area contributed by atoms with Gasteiger partial charge in [-0.3, -0.25) is 4.79 Å². The van der Waals surface area contributed by atoms with E-state index in [0.29, 0.717) is 12.2 Å². The van der Waals surface area contributed by atoms with Crippen molar-refractivity contribution < 1.29 is 9.18 Å². The molecule has 0 aromatic heterocycles. The van der Waals surface area contributed by atoms with E-state index in [2.05, 4.69) is 17.6 Å². The van der Waals surface area contributed by atoms with E-state index in [1.54, 1.807) is 12.1 Å². The predicted molar refractivity (Wildman–Crippen MR) is 118 cm³/mol. The first-order valence-corrected chi connectivity index (χ1v) is 11.5. The molecule has 1 aromatic carbocycles. The largest absolute Gasteiger partial charge is 0.325 e. The first kappa shape index (κ1) is 24.6. The van der Waals surface area contributed by atoms with Gasteiger partial charge in [0.2, 0.25) is 5.91 Å². The SMILES string of the molecule is CCCCCCCCCCCCCCCCNCC(=O)Nc1ccc(F)cc1. The molecule has 0 saturated heterocycles. The molecule has 0 radical (unpaired) electrons. The van der Waals surface area contributed by atoms with Gasteiger partial charge in [0.05, 0.1) is 6.54 Å². The van der Waals surface area contributed by atoms with Crippen molar-refractivity contribution in [1.29, 1.82) is 0 Å². The number of carbonyl (C=O) groups is 1. The molecule has 1 amide bonds. The maximum Gasteiger partial charge on any atom is 0.238 e. The van der Waals surface area contributed by atoms with Crippen LogP contribution in [-0.4, -0.2) is 19.0 Å². The van der Waals surface area contributed by atoms with Gasteiger partial charge >= 0.3 is 0 Å². The number of benzene rings is 1. The minimum absolute atomic E-state index is 0.0861. The molecular weight excluding hydrogens is 351 g/mol. The van der Waals surface area contributed by atoms with E-state index in [4.69, 9.17) is 0 Å². The van der Waals surface area contributed by atoms with E-state index < -0.39 is 0 Å². The molecule has 4 heteroatoms. The van der Waals surface area contributed by atoms with Crippen molar-refractivity contribution in [1.82, 2.24) is 5.32 Å². The lowest BCUT2D eigenvalue weighted by Crippen LogP contribution is -2.28. The Morgan fingerprint density at radius 1 is 0.750 bits per heavy atom. The molecule has 0 bridgehead atoms. The summed E-state index contributed by atoms with van der Waals surface area (Å²) < 4.78 is 12.8. The van der Waals surface area contributed by atoms with Crippen molar-refractivity contribution in [3.05, 3.63) is 30.1 Å². The highest BCUT2D eigenvalue weighted by molar-refractivity contribution is 5.92. The molecule has 0 unspecified atom stereocenters. The molecule has 1 aromatic rings. The highest BCUT2D eigenvalue weighted by Crippen LogP contribution is 2.13. The van der Waals surface area contributed by atoms with Crippen LogP contribution in [0.4, 0.5) is 10.1 Å². The van der Waals surface area contributed by atoms with Crippen LogP contribution in [-0.2, 0) is 4.79 Å². The molecule has 0 spiro atoms. The van der Waals surface area contributed by atoms with Crippen molar-refractivity contribution >= 4 is 11.6 Å². The number of rotatable bonds is 18. The summed E-state index contributed by atoms with van der Waals surface area (Å²) in [6, 6.07) is 5.83. The van der Waals surface area contributed by atoms with Crippen molar-refractivity contribution in [3.63, 3.8) is 0 Å². The molecule has 1 rings (SSSR count). The minimum atomic E-state index is -0.297. The fourth-order valence-corrected chi connectivity index (χ4v) is 3.38. The van der Waals surface area contributed by atoms with Gasteiger partial charge in [-0.2, -0.15) is 0 Å². The molecular formula is C24H41FN2O. The van der Waals surface area contributed by atoms with Gasteiger partial charge < -0.3 is 10.6 Å². The Morgan fingerprint density at radius 3 is 1.71 bits per heavy atom. The molecule has 0 heterocycles. The van der Waals surface area contributed by atoms with E-state index >= 15 is 0 Å². The third-order valence-corrected chi connectivity index (χ3v) is 5.12. The number of carbonyl (C=O) groups excluding carboxylic acids is 1. The Bertz CT molecular complexity index is 490. The number of unbranched alkanes of at least 4 members (excludes halogenated alkanes) is 13. The summed E-state index contributed by atoms with van der Waals surface area (Å²) in [4.78, 5) is 11.8. The lowest BCUT2D eigenvalue weighted by atomic mass is 10.0. The Labute approximate surface area is 171 Å². The van der Waals surface area contributed by atoms with Crippen LogP contribution in [0.2, 0.25) is 0 Å². The van der Waals surface area contributed by atoms with Gasteiger partial charge in [0.1, 0.15) is 5.82 Å². The Balaban J connectivity index is 1.79. The van der Waals surface area contributed by atoms with Gasteiger partial charge in [-0.1, -0.05) is 90.4 Å². The van der Waals surface area contributed by atoms with E-state index in [-0.39, 0.29) is 11.7 Å². The summed E-state index contributed by atoms with van der Waals surface area (Å²) in [6.45, 7) is 3.44. The molecule has 0 aliphatic heterocycles. The average Bonchev–Trinajstić information content (AvgIpc) is 2.69. The summed E-state index contributed by atoms with van der Waals surface area (Å²) in [7, 11) is 0. The average molecular weight is 393 g/mol. The van der Waals surface area contributed by atoms with Crippen LogP contribution in [0.1, 0.15) is 96.8 Å². The van der Waals surface area contributed by atoms with E-state index in [0.717, 1.165) is 13.0 Å². The molecule has 3 nitrogen and oxygen atoms in total. The summed E-state index contributed by atoms with van der Waals surface area (Å²) in [5.41, 5.74) is 0.629. The Morgan fingerprint density at radius 2 is 1.21 bits per heavy atom. The third kappa shape index (κ3) is 14.6. The second-order valence-corrected chi connectivity index (χ2v) is 7.83. The van der Waals surface area contributed by atoms with Crippen LogP contribution < -0.4 is 10.6 Å². The van der Waals surface area contributed by atoms with E-state index in [9.17, 15) is 9.18 Å². The van der Waals surface area contributed by atoms with Crippen LogP contribution in [0.5, 0.6) is 0 Å². The smallest absolute Gasteiger partial charge is 0.238 e. The predicted octanol–water partition coefficient (Wildman–Crippen LogP) is 6.84. The first-order chi connectivity index (χ1) is 13.7. The van der Waals surface area contributed by atoms with Crippen molar-refractivity contribution in [2.24, 2.45) is 0 Å². The summed E-state index contributed by atoms with van der Waals surface area (Å²) >= 11 is 0. The Kier molecular flexibility index (Phi) is 15.5. The van der Waals surface area contributed by atoms with Gasteiger partial charge in [0.25, 0.3) is 0 Å². The standard InChI is InChI=1S/C24H41FN2O/c1-2-3-4-5-6-7-8-9-10-11-12-13-14-15-20-26-21-24(28)27-23-18-16-22(25)17-19-23/h16-19,26H,2-15,20-21H2,1H3,(H,27,28). The number of hydrogen-bond donors (Lipinski definition) is 2. The quantitative estimate of drug-likeness (QED) is 0.269. The minimum Gasteiger partial charge on any atom is -0.325 e. The molecule has 2 N–H and O–H groups in total. The van der Waals surface area contributed by atoms with Crippen molar-refractivity contribution in [2.75, 3.05) is 18.4 Å².